The Bertz CT molecular complexity index is 581. The molecule has 1 saturated heterocycles. The second-order valence-electron chi connectivity index (χ2n) is 4.65. The number of aliphatic carboxylic acids is 1. The molecule has 0 aliphatic carbocycles. The predicted molar refractivity (Wildman–Crippen MR) is 65.2 cm³/mol. The molecule has 2 heterocycles. The van der Waals surface area contributed by atoms with Gasteiger partial charge in [-0.05, 0) is 0 Å². The molecular weight excluding hydrogens is 270 g/mol. The van der Waals surface area contributed by atoms with Gasteiger partial charge < -0.3 is 19.7 Å². The molecule has 2 rings (SSSR count). The number of aryl methyl sites for hydroxylation is 1. The first-order valence-electron chi connectivity index (χ1n) is 5.84. The van der Waals surface area contributed by atoms with Crippen molar-refractivity contribution in [1.29, 1.82) is 0 Å². The summed E-state index contributed by atoms with van der Waals surface area (Å²) >= 11 is 0. The van der Waals surface area contributed by atoms with Crippen LogP contribution in [-0.4, -0.2) is 55.2 Å². The van der Waals surface area contributed by atoms with Gasteiger partial charge in [-0.2, -0.15) is 0 Å². The molecule has 0 aromatic carbocycles. The number of nitro groups is 1. The van der Waals surface area contributed by atoms with Gasteiger partial charge in [0.1, 0.15) is 11.7 Å². The summed E-state index contributed by atoms with van der Waals surface area (Å²) in [6, 6.07) is -0.0298. The lowest BCUT2D eigenvalue weighted by Gasteiger charge is -2.21. The van der Waals surface area contributed by atoms with E-state index in [4.69, 9.17) is 5.11 Å². The number of carboxylic acid groups (broad SMARTS) is 1. The first-order valence-corrected chi connectivity index (χ1v) is 5.84. The monoisotopic (exact) mass is 283 g/mol. The number of aliphatic hydroxyl groups is 1. The zero-order valence-corrected chi connectivity index (χ0v) is 10.6. The number of nitrogens with zero attached hydrogens (tertiary/aromatic N) is 3. The van der Waals surface area contributed by atoms with Crippen LogP contribution in [0.15, 0.2) is 12.3 Å². The van der Waals surface area contributed by atoms with E-state index < -0.39 is 28.9 Å². The molecule has 1 amide bonds. The Balaban J connectivity index is 2.31. The SMILES string of the molecule is Cn1cc([N+](=O)[O-])cc1C(=O)N1C[C@@H](O)C[C@H]1C(=O)O. The van der Waals surface area contributed by atoms with E-state index in [1.54, 1.807) is 0 Å². The standard InChI is InChI=1S/C11H13N3O6/c1-12-4-6(14(19)20)2-8(12)10(16)13-5-7(15)3-9(13)11(17)18/h2,4,7,9,15H,3,5H2,1H3,(H,17,18)/t7-,9-/m0/s1. The van der Waals surface area contributed by atoms with E-state index in [9.17, 15) is 24.8 Å². The maximum Gasteiger partial charge on any atom is 0.326 e. The third-order valence-electron chi connectivity index (χ3n) is 3.25. The van der Waals surface area contributed by atoms with Gasteiger partial charge in [-0.15, -0.1) is 0 Å². The van der Waals surface area contributed by atoms with Crippen LogP contribution in [0.4, 0.5) is 5.69 Å². The number of carbonyl (C=O) groups is 2. The lowest BCUT2D eigenvalue weighted by atomic mass is 10.2. The molecule has 0 radical (unpaired) electrons. The van der Waals surface area contributed by atoms with E-state index in [1.807, 2.05) is 0 Å². The fourth-order valence-corrected chi connectivity index (χ4v) is 2.28. The summed E-state index contributed by atoms with van der Waals surface area (Å²) in [7, 11) is 1.46. The molecule has 9 heteroatoms. The predicted octanol–water partition coefficient (Wildman–Crippen LogP) is -0.407. The summed E-state index contributed by atoms with van der Waals surface area (Å²) < 4.78 is 1.27. The highest BCUT2D eigenvalue weighted by Crippen LogP contribution is 2.23. The first kappa shape index (κ1) is 14.0. The van der Waals surface area contributed by atoms with Gasteiger partial charge in [0.15, 0.2) is 0 Å². The van der Waals surface area contributed by atoms with Gasteiger partial charge in [-0.25, -0.2) is 4.79 Å². The van der Waals surface area contributed by atoms with Crippen molar-refractivity contribution in [3.8, 4) is 0 Å². The Hall–Kier alpha value is -2.42. The van der Waals surface area contributed by atoms with Gasteiger partial charge >= 0.3 is 5.97 Å². The van der Waals surface area contributed by atoms with E-state index in [0.717, 1.165) is 11.0 Å². The van der Waals surface area contributed by atoms with Crippen LogP contribution < -0.4 is 0 Å². The summed E-state index contributed by atoms with van der Waals surface area (Å²) in [5.74, 6) is -1.86. The largest absolute Gasteiger partial charge is 0.480 e. The minimum atomic E-state index is -1.21. The lowest BCUT2D eigenvalue weighted by Crippen LogP contribution is -2.41. The van der Waals surface area contributed by atoms with E-state index in [-0.39, 0.29) is 24.3 Å². The normalized spacial score (nSPS) is 22.0. The number of β-amino-alcohol motifs (C(OH)–C–C–N with tert-alkyl or cyclic N) is 1. The number of hydrogen-bond acceptors (Lipinski definition) is 5. The molecule has 0 unspecified atom stereocenters. The second kappa shape index (κ2) is 4.93. The fourth-order valence-electron chi connectivity index (χ4n) is 2.28. The number of aromatic nitrogens is 1. The molecule has 1 aromatic rings. The maximum atomic E-state index is 12.3. The Morgan fingerprint density at radius 1 is 1.50 bits per heavy atom. The van der Waals surface area contributed by atoms with Crippen molar-refractivity contribution in [3.05, 3.63) is 28.1 Å². The summed E-state index contributed by atoms with van der Waals surface area (Å²) in [5, 5.41) is 29.2. The van der Waals surface area contributed by atoms with Crippen molar-refractivity contribution in [2.45, 2.75) is 18.6 Å². The van der Waals surface area contributed by atoms with Gasteiger partial charge in [-0.3, -0.25) is 14.9 Å². The smallest absolute Gasteiger partial charge is 0.326 e. The summed E-state index contributed by atoms with van der Waals surface area (Å²) in [5.41, 5.74) is -0.237. The van der Waals surface area contributed by atoms with Gasteiger partial charge in [0, 0.05) is 26.1 Å². The van der Waals surface area contributed by atoms with E-state index in [2.05, 4.69) is 0 Å². The number of likely N-dealkylation sites (tertiary alicyclic amines) is 1. The van der Waals surface area contributed by atoms with Crippen LogP contribution >= 0.6 is 0 Å². The molecule has 2 atom stereocenters. The van der Waals surface area contributed by atoms with Crippen LogP contribution in [0.2, 0.25) is 0 Å². The topological polar surface area (TPSA) is 126 Å². The minimum Gasteiger partial charge on any atom is -0.480 e. The van der Waals surface area contributed by atoms with Crippen molar-refractivity contribution in [2.75, 3.05) is 6.54 Å². The van der Waals surface area contributed by atoms with E-state index in [1.165, 1.54) is 17.8 Å². The van der Waals surface area contributed by atoms with Gasteiger partial charge in [0.25, 0.3) is 11.6 Å². The molecule has 2 N–H and O–H groups in total. The van der Waals surface area contributed by atoms with Crippen LogP contribution in [0.1, 0.15) is 16.9 Å². The van der Waals surface area contributed by atoms with Crippen LogP contribution in [0, 0.1) is 10.1 Å². The van der Waals surface area contributed by atoms with E-state index in [0.29, 0.717) is 0 Å². The van der Waals surface area contributed by atoms with Crippen molar-refractivity contribution in [2.24, 2.45) is 7.05 Å². The zero-order valence-electron chi connectivity index (χ0n) is 10.6. The van der Waals surface area contributed by atoms with Crippen molar-refractivity contribution in [3.63, 3.8) is 0 Å². The average Bonchev–Trinajstić information content (AvgIpc) is 2.92. The second-order valence-corrected chi connectivity index (χ2v) is 4.65. The van der Waals surface area contributed by atoms with E-state index >= 15 is 0 Å². The number of carbonyl (C=O) groups excluding carboxylic acids is 1. The molecule has 1 aliphatic rings. The van der Waals surface area contributed by atoms with Gasteiger partial charge in [-0.1, -0.05) is 0 Å². The molecule has 108 valence electrons. The number of carboxylic acids is 1. The molecule has 0 bridgehead atoms. The quantitative estimate of drug-likeness (QED) is 0.574. The summed E-state index contributed by atoms with van der Waals surface area (Å²) in [6.45, 7) is -0.102. The highest BCUT2D eigenvalue weighted by Gasteiger charge is 2.40. The number of aliphatic hydroxyl groups excluding tert-OH is 1. The Morgan fingerprint density at radius 3 is 2.65 bits per heavy atom. The summed E-state index contributed by atoms with van der Waals surface area (Å²) in [4.78, 5) is 34.4. The Morgan fingerprint density at radius 2 is 2.15 bits per heavy atom. The molecule has 20 heavy (non-hydrogen) atoms. The molecule has 0 saturated carbocycles. The maximum absolute atomic E-state index is 12.3. The lowest BCUT2D eigenvalue weighted by molar-refractivity contribution is -0.384. The van der Waals surface area contributed by atoms with Crippen LogP contribution in [-0.2, 0) is 11.8 Å². The van der Waals surface area contributed by atoms with Gasteiger partial charge in [0.05, 0.1) is 17.2 Å². The zero-order chi connectivity index (χ0) is 15.0. The van der Waals surface area contributed by atoms with Crippen molar-refractivity contribution >= 4 is 17.6 Å². The first-order chi connectivity index (χ1) is 9.31. The molecule has 1 aliphatic heterocycles. The number of rotatable bonds is 3. The fraction of sp³-hybridized carbons (Fsp3) is 0.455. The van der Waals surface area contributed by atoms with Crippen LogP contribution in [0.5, 0.6) is 0 Å². The molecule has 9 nitrogen and oxygen atoms in total. The Labute approximate surface area is 113 Å². The third-order valence-corrected chi connectivity index (χ3v) is 3.25. The third kappa shape index (κ3) is 2.35. The molecule has 1 fully saturated rings. The molecule has 1 aromatic heterocycles. The Kier molecular flexibility index (Phi) is 3.45. The van der Waals surface area contributed by atoms with Crippen LogP contribution in [0.3, 0.4) is 0 Å². The van der Waals surface area contributed by atoms with Gasteiger partial charge in [0.2, 0.25) is 0 Å². The highest BCUT2D eigenvalue weighted by molar-refractivity contribution is 5.96. The van der Waals surface area contributed by atoms with Crippen molar-refractivity contribution < 1.29 is 24.7 Å². The highest BCUT2D eigenvalue weighted by atomic mass is 16.6. The minimum absolute atomic E-state index is 0.0112. The molecular formula is C11H13N3O6. The number of hydrogen-bond donors (Lipinski definition) is 2. The summed E-state index contributed by atoms with van der Waals surface area (Å²) in [6.07, 6.45) is 0.221. The molecule has 0 spiro atoms. The van der Waals surface area contributed by atoms with Crippen molar-refractivity contribution in [1.82, 2.24) is 9.47 Å². The number of amides is 1. The average molecular weight is 283 g/mol. The van der Waals surface area contributed by atoms with Crippen LogP contribution in [0.25, 0.3) is 0 Å².